The maximum absolute atomic E-state index is 3.50. The average Bonchev–Trinajstić information content (AvgIpc) is 2.27. The van der Waals surface area contributed by atoms with Gasteiger partial charge in [0.1, 0.15) is 0 Å². The lowest BCUT2D eigenvalue weighted by atomic mass is 9.63. The molecular weight excluding hydrogens is 184 g/mol. The van der Waals surface area contributed by atoms with E-state index in [-0.39, 0.29) is 0 Å². The van der Waals surface area contributed by atoms with Crippen molar-refractivity contribution in [2.24, 2.45) is 5.41 Å². The molecule has 15 heavy (non-hydrogen) atoms. The van der Waals surface area contributed by atoms with Gasteiger partial charge >= 0.3 is 0 Å². The molecule has 0 unspecified atom stereocenters. The van der Waals surface area contributed by atoms with E-state index in [0.717, 1.165) is 0 Å². The zero-order valence-corrected chi connectivity index (χ0v) is 10.6. The molecule has 2 nitrogen and oxygen atoms in total. The molecule has 2 heteroatoms. The molecule has 88 valence electrons. The van der Waals surface area contributed by atoms with Crippen LogP contribution in [0.4, 0.5) is 0 Å². The van der Waals surface area contributed by atoms with Gasteiger partial charge in [-0.1, -0.05) is 0 Å². The van der Waals surface area contributed by atoms with Crippen LogP contribution in [0.5, 0.6) is 0 Å². The molecule has 1 aliphatic heterocycles. The number of rotatable bonds is 1. The van der Waals surface area contributed by atoms with Crippen molar-refractivity contribution >= 4 is 0 Å². The Balaban J connectivity index is 1.92. The van der Waals surface area contributed by atoms with Crippen LogP contribution in [0.25, 0.3) is 0 Å². The monoisotopic (exact) mass is 210 g/mol. The number of piperidine rings is 1. The molecule has 1 saturated carbocycles. The molecule has 0 radical (unpaired) electrons. The van der Waals surface area contributed by atoms with Crippen LogP contribution >= 0.6 is 0 Å². The Morgan fingerprint density at radius 1 is 0.933 bits per heavy atom. The predicted molar refractivity (Wildman–Crippen MR) is 65.1 cm³/mol. The van der Waals surface area contributed by atoms with Crippen LogP contribution in [0.3, 0.4) is 0 Å². The van der Waals surface area contributed by atoms with E-state index in [2.05, 4.69) is 31.2 Å². The first-order valence-electron chi connectivity index (χ1n) is 6.45. The second kappa shape index (κ2) is 4.06. The molecule has 0 aromatic heterocycles. The lowest BCUT2D eigenvalue weighted by Gasteiger charge is -2.48. The lowest BCUT2D eigenvalue weighted by molar-refractivity contribution is 0.0503. The number of likely N-dealkylation sites (tertiary alicyclic amines) is 1. The molecule has 2 rings (SSSR count). The van der Waals surface area contributed by atoms with E-state index in [9.17, 15) is 0 Å². The second-order valence-corrected chi connectivity index (χ2v) is 6.11. The third-order valence-electron chi connectivity index (χ3n) is 5.07. The van der Waals surface area contributed by atoms with Gasteiger partial charge in [0.05, 0.1) is 0 Å². The Kier molecular flexibility index (Phi) is 3.09. The maximum atomic E-state index is 3.50. The van der Waals surface area contributed by atoms with Crippen molar-refractivity contribution < 1.29 is 0 Å². The SMILES string of the molecule is CNC1(C)CCC2(CCN(C)CC2)CC1. The zero-order valence-electron chi connectivity index (χ0n) is 10.6. The van der Waals surface area contributed by atoms with Crippen LogP contribution in [0.2, 0.25) is 0 Å². The van der Waals surface area contributed by atoms with Crippen LogP contribution in [-0.4, -0.2) is 37.6 Å². The summed E-state index contributed by atoms with van der Waals surface area (Å²) in [7, 11) is 4.38. The predicted octanol–water partition coefficient (Wildman–Crippen LogP) is 2.25. The van der Waals surface area contributed by atoms with Crippen LogP contribution in [-0.2, 0) is 0 Å². The quantitative estimate of drug-likeness (QED) is 0.714. The molecular formula is C13H26N2. The van der Waals surface area contributed by atoms with Crippen molar-refractivity contribution in [2.45, 2.75) is 51.0 Å². The molecule has 0 aromatic rings. The van der Waals surface area contributed by atoms with Gasteiger partial charge in [0.25, 0.3) is 0 Å². The van der Waals surface area contributed by atoms with Crippen molar-refractivity contribution in [3.63, 3.8) is 0 Å². The smallest absolute Gasteiger partial charge is 0.0150 e. The number of hydrogen-bond acceptors (Lipinski definition) is 2. The van der Waals surface area contributed by atoms with Gasteiger partial charge in [-0.15, -0.1) is 0 Å². The van der Waals surface area contributed by atoms with E-state index >= 15 is 0 Å². The number of hydrogen-bond donors (Lipinski definition) is 1. The minimum atomic E-state index is 0.425. The van der Waals surface area contributed by atoms with Crippen molar-refractivity contribution in [1.82, 2.24) is 10.2 Å². The molecule has 0 atom stereocenters. The van der Waals surface area contributed by atoms with E-state index in [4.69, 9.17) is 0 Å². The first-order chi connectivity index (χ1) is 7.08. The Bertz CT molecular complexity index is 207. The third kappa shape index (κ3) is 2.36. The Morgan fingerprint density at radius 3 is 1.93 bits per heavy atom. The molecule has 2 fully saturated rings. The summed E-state index contributed by atoms with van der Waals surface area (Å²) in [6.45, 7) is 5.02. The summed E-state index contributed by atoms with van der Waals surface area (Å²) in [6.07, 6.45) is 8.49. The standard InChI is InChI=1S/C13H26N2/c1-12(14-2)4-6-13(7-5-12)8-10-15(3)11-9-13/h14H,4-11H2,1-3H3. The Labute approximate surface area is 94.4 Å². The first kappa shape index (κ1) is 11.4. The summed E-state index contributed by atoms with van der Waals surface area (Å²) in [6, 6.07) is 0. The van der Waals surface area contributed by atoms with Gasteiger partial charge in [-0.3, -0.25) is 0 Å². The second-order valence-electron chi connectivity index (χ2n) is 6.11. The van der Waals surface area contributed by atoms with Gasteiger partial charge in [0, 0.05) is 5.54 Å². The van der Waals surface area contributed by atoms with Crippen LogP contribution < -0.4 is 5.32 Å². The first-order valence-corrected chi connectivity index (χ1v) is 6.45. The van der Waals surface area contributed by atoms with Crippen molar-refractivity contribution in [3.8, 4) is 0 Å². The van der Waals surface area contributed by atoms with Gasteiger partial charge in [-0.2, -0.15) is 0 Å². The molecule has 1 heterocycles. The highest BCUT2D eigenvalue weighted by molar-refractivity contribution is 4.96. The molecule has 2 aliphatic rings. The average molecular weight is 210 g/mol. The van der Waals surface area contributed by atoms with Crippen LogP contribution in [0, 0.1) is 5.41 Å². The summed E-state index contributed by atoms with van der Waals surface area (Å²) >= 11 is 0. The fourth-order valence-electron chi connectivity index (χ4n) is 3.17. The highest BCUT2D eigenvalue weighted by atomic mass is 15.1. The summed E-state index contributed by atoms with van der Waals surface area (Å²) in [5, 5.41) is 3.50. The Morgan fingerprint density at radius 2 is 1.47 bits per heavy atom. The van der Waals surface area contributed by atoms with Gasteiger partial charge < -0.3 is 10.2 Å². The van der Waals surface area contributed by atoms with Gasteiger partial charge in [-0.25, -0.2) is 0 Å². The van der Waals surface area contributed by atoms with Gasteiger partial charge in [0.15, 0.2) is 0 Å². The molecule has 1 saturated heterocycles. The summed E-state index contributed by atoms with van der Waals surface area (Å²) in [5.74, 6) is 0. The molecule has 0 bridgehead atoms. The highest BCUT2D eigenvalue weighted by Crippen LogP contribution is 2.47. The van der Waals surface area contributed by atoms with E-state index in [0.29, 0.717) is 11.0 Å². The molecule has 1 N–H and O–H groups in total. The molecule has 0 amide bonds. The number of nitrogens with one attached hydrogen (secondary N) is 1. The zero-order chi connectivity index (χ0) is 10.9. The van der Waals surface area contributed by atoms with Gasteiger partial charge in [0.2, 0.25) is 0 Å². The fraction of sp³-hybridized carbons (Fsp3) is 1.00. The summed E-state index contributed by atoms with van der Waals surface area (Å²) in [4.78, 5) is 2.48. The van der Waals surface area contributed by atoms with E-state index < -0.39 is 0 Å². The molecule has 0 aromatic carbocycles. The van der Waals surface area contributed by atoms with E-state index in [1.165, 1.54) is 51.6 Å². The van der Waals surface area contributed by atoms with Crippen molar-refractivity contribution in [2.75, 3.05) is 27.2 Å². The van der Waals surface area contributed by atoms with Crippen LogP contribution in [0.1, 0.15) is 45.4 Å². The minimum Gasteiger partial charge on any atom is -0.315 e. The van der Waals surface area contributed by atoms with E-state index in [1.54, 1.807) is 0 Å². The Hall–Kier alpha value is -0.0800. The summed E-state index contributed by atoms with van der Waals surface area (Å²) < 4.78 is 0. The largest absolute Gasteiger partial charge is 0.315 e. The topological polar surface area (TPSA) is 15.3 Å². The normalized spacial score (nSPS) is 30.6. The van der Waals surface area contributed by atoms with E-state index in [1.807, 2.05) is 0 Å². The molecule has 1 spiro atoms. The molecule has 1 aliphatic carbocycles. The third-order valence-corrected chi connectivity index (χ3v) is 5.07. The minimum absolute atomic E-state index is 0.425. The van der Waals surface area contributed by atoms with Gasteiger partial charge in [-0.05, 0) is 78.0 Å². The highest BCUT2D eigenvalue weighted by Gasteiger charge is 2.40. The van der Waals surface area contributed by atoms with Crippen molar-refractivity contribution in [1.29, 1.82) is 0 Å². The number of nitrogens with zero attached hydrogens (tertiary/aromatic N) is 1. The maximum Gasteiger partial charge on any atom is 0.0150 e. The lowest BCUT2D eigenvalue weighted by Crippen LogP contribution is -2.48. The van der Waals surface area contributed by atoms with Crippen LogP contribution in [0.15, 0.2) is 0 Å². The summed E-state index contributed by atoms with van der Waals surface area (Å²) in [5.41, 5.74) is 1.14. The fourth-order valence-corrected chi connectivity index (χ4v) is 3.17. The van der Waals surface area contributed by atoms with Crippen molar-refractivity contribution in [3.05, 3.63) is 0 Å².